The predicted octanol–water partition coefficient (Wildman–Crippen LogP) is 1.48. The van der Waals surface area contributed by atoms with Crippen LogP contribution in [0.3, 0.4) is 0 Å². The van der Waals surface area contributed by atoms with Crippen molar-refractivity contribution in [1.29, 1.82) is 0 Å². The molecule has 1 N–H and O–H groups in total. The molecule has 0 radical (unpaired) electrons. The van der Waals surface area contributed by atoms with Gasteiger partial charge in [0.15, 0.2) is 0 Å². The summed E-state index contributed by atoms with van der Waals surface area (Å²) in [7, 11) is 3.36. The first-order valence-corrected chi connectivity index (χ1v) is 5.74. The highest BCUT2D eigenvalue weighted by atomic mass is 16.5. The first-order valence-electron chi connectivity index (χ1n) is 5.74. The molecule has 0 saturated heterocycles. The summed E-state index contributed by atoms with van der Waals surface area (Å²) in [4.78, 5) is 12.5. The zero-order valence-corrected chi connectivity index (χ0v) is 10.9. The minimum Gasteiger partial charge on any atom is -0.497 e. The molecule has 0 spiro atoms. The summed E-state index contributed by atoms with van der Waals surface area (Å²) >= 11 is 0. The molecule has 0 fully saturated rings. The molecule has 0 aliphatic carbocycles. The quantitative estimate of drug-likeness (QED) is 0.797. The monoisotopic (exact) mass is 253 g/mol. The number of rotatable bonds is 7. The number of carboxylic acids is 1. The summed E-state index contributed by atoms with van der Waals surface area (Å²) in [5, 5.41) is 8.84. The summed E-state index contributed by atoms with van der Waals surface area (Å²) < 4.78 is 10.6. The fourth-order valence-electron chi connectivity index (χ4n) is 1.38. The van der Waals surface area contributed by atoms with Crippen LogP contribution in [0.15, 0.2) is 24.3 Å². The molecule has 18 heavy (non-hydrogen) atoms. The van der Waals surface area contributed by atoms with Crippen molar-refractivity contribution in [3.05, 3.63) is 24.3 Å². The molecule has 1 rings (SSSR count). The van der Waals surface area contributed by atoms with E-state index in [4.69, 9.17) is 14.6 Å². The molecule has 0 heterocycles. The third-order valence-electron chi connectivity index (χ3n) is 2.77. The number of benzene rings is 1. The predicted molar refractivity (Wildman–Crippen MR) is 68.2 cm³/mol. The van der Waals surface area contributed by atoms with Crippen LogP contribution in [-0.2, 0) is 4.79 Å². The van der Waals surface area contributed by atoms with Gasteiger partial charge in [0.05, 0.1) is 7.11 Å². The molecule has 1 aromatic carbocycles. The summed E-state index contributed by atoms with van der Waals surface area (Å²) in [6, 6.07) is 6.80. The highest BCUT2D eigenvalue weighted by molar-refractivity contribution is 5.72. The van der Waals surface area contributed by atoms with Crippen molar-refractivity contribution in [2.75, 3.05) is 27.3 Å². The molecule has 0 saturated carbocycles. The second-order valence-electron chi connectivity index (χ2n) is 4.02. The molecule has 5 nitrogen and oxygen atoms in total. The van der Waals surface area contributed by atoms with Crippen LogP contribution in [0.5, 0.6) is 11.5 Å². The Kier molecular flexibility index (Phi) is 5.45. The summed E-state index contributed by atoms with van der Waals surface area (Å²) in [6.45, 7) is 2.62. The number of ether oxygens (including phenoxy) is 2. The van der Waals surface area contributed by atoms with Crippen LogP contribution in [0.4, 0.5) is 0 Å². The van der Waals surface area contributed by atoms with Gasteiger partial charge in [-0.05, 0) is 26.1 Å². The molecular weight excluding hydrogens is 234 g/mol. The SMILES string of the molecule is COc1cccc(OCCN(C)C(C)C(=O)O)c1. The third-order valence-corrected chi connectivity index (χ3v) is 2.77. The molecule has 1 unspecified atom stereocenters. The number of methoxy groups -OCH3 is 1. The van der Waals surface area contributed by atoms with Crippen LogP contribution in [0, 0.1) is 0 Å². The standard InChI is InChI=1S/C13H19NO4/c1-10(13(15)16)14(2)7-8-18-12-6-4-5-11(9-12)17-3/h4-6,9-10H,7-8H2,1-3H3,(H,15,16). The average Bonchev–Trinajstić information content (AvgIpc) is 2.37. The minimum absolute atomic E-state index is 0.432. The van der Waals surface area contributed by atoms with E-state index >= 15 is 0 Å². The Labute approximate surface area is 107 Å². The van der Waals surface area contributed by atoms with E-state index < -0.39 is 12.0 Å². The maximum Gasteiger partial charge on any atom is 0.320 e. The molecule has 0 bridgehead atoms. The van der Waals surface area contributed by atoms with Crippen molar-refractivity contribution in [3.8, 4) is 11.5 Å². The van der Waals surface area contributed by atoms with Crippen LogP contribution >= 0.6 is 0 Å². The zero-order valence-electron chi connectivity index (χ0n) is 10.9. The Balaban J connectivity index is 2.39. The van der Waals surface area contributed by atoms with E-state index in [2.05, 4.69) is 0 Å². The number of carbonyl (C=O) groups is 1. The van der Waals surface area contributed by atoms with Gasteiger partial charge < -0.3 is 14.6 Å². The molecule has 1 aromatic rings. The van der Waals surface area contributed by atoms with Gasteiger partial charge >= 0.3 is 5.97 Å². The lowest BCUT2D eigenvalue weighted by Crippen LogP contribution is -2.38. The van der Waals surface area contributed by atoms with E-state index in [9.17, 15) is 4.79 Å². The molecule has 0 aliphatic heterocycles. The van der Waals surface area contributed by atoms with Gasteiger partial charge in [-0.1, -0.05) is 6.07 Å². The fraction of sp³-hybridized carbons (Fsp3) is 0.462. The minimum atomic E-state index is -0.834. The van der Waals surface area contributed by atoms with Crippen LogP contribution in [-0.4, -0.2) is 49.3 Å². The Morgan fingerprint density at radius 2 is 2.11 bits per heavy atom. The van der Waals surface area contributed by atoms with Crippen molar-refractivity contribution in [1.82, 2.24) is 4.90 Å². The first-order chi connectivity index (χ1) is 8.54. The van der Waals surface area contributed by atoms with Gasteiger partial charge in [0.25, 0.3) is 0 Å². The first kappa shape index (κ1) is 14.3. The van der Waals surface area contributed by atoms with E-state index in [0.717, 1.165) is 5.75 Å². The van der Waals surface area contributed by atoms with Crippen LogP contribution in [0.2, 0.25) is 0 Å². The molecular formula is C13H19NO4. The normalized spacial score (nSPS) is 12.2. The Bertz CT molecular complexity index is 394. The van der Waals surface area contributed by atoms with Crippen LogP contribution in [0.25, 0.3) is 0 Å². The number of carboxylic acid groups (broad SMARTS) is 1. The molecule has 0 amide bonds. The van der Waals surface area contributed by atoms with Gasteiger partial charge in [0.2, 0.25) is 0 Å². The second-order valence-corrected chi connectivity index (χ2v) is 4.02. The lowest BCUT2D eigenvalue weighted by molar-refractivity contribution is -0.142. The smallest absolute Gasteiger partial charge is 0.320 e. The van der Waals surface area contributed by atoms with Gasteiger partial charge in [-0.25, -0.2) is 0 Å². The lowest BCUT2D eigenvalue weighted by atomic mass is 10.3. The Morgan fingerprint density at radius 3 is 2.72 bits per heavy atom. The van der Waals surface area contributed by atoms with Gasteiger partial charge in [0.1, 0.15) is 24.1 Å². The molecule has 5 heteroatoms. The lowest BCUT2D eigenvalue weighted by Gasteiger charge is -2.20. The number of hydrogen-bond acceptors (Lipinski definition) is 4. The maximum absolute atomic E-state index is 10.8. The van der Waals surface area contributed by atoms with E-state index in [-0.39, 0.29) is 0 Å². The summed E-state index contributed by atoms with van der Waals surface area (Å²) in [5.41, 5.74) is 0. The summed E-state index contributed by atoms with van der Waals surface area (Å²) in [5.74, 6) is 0.615. The third kappa shape index (κ3) is 4.25. The van der Waals surface area contributed by atoms with Crippen molar-refractivity contribution in [2.24, 2.45) is 0 Å². The highest BCUT2D eigenvalue weighted by Gasteiger charge is 2.15. The zero-order chi connectivity index (χ0) is 13.5. The van der Waals surface area contributed by atoms with Crippen molar-refractivity contribution in [3.63, 3.8) is 0 Å². The molecule has 1 atom stereocenters. The van der Waals surface area contributed by atoms with Gasteiger partial charge in [-0.15, -0.1) is 0 Å². The van der Waals surface area contributed by atoms with Crippen molar-refractivity contribution >= 4 is 5.97 Å². The van der Waals surface area contributed by atoms with Crippen molar-refractivity contribution < 1.29 is 19.4 Å². The summed E-state index contributed by atoms with van der Waals surface area (Å²) in [6.07, 6.45) is 0. The number of likely N-dealkylation sites (N-methyl/N-ethyl adjacent to an activating group) is 1. The average molecular weight is 253 g/mol. The van der Waals surface area contributed by atoms with Gasteiger partial charge in [0, 0.05) is 12.6 Å². The number of aliphatic carboxylic acids is 1. The molecule has 100 valence electrons. The molecule has 0 aliphatic rings. The van der Waals surface area contributed by atoms with Gasteiger partial charge in [-0.2, -0.15) is 0 Å². The fourth-order valence-corrected chi connectivity index (χ4v) is 1.38. The molecule has 0 aromatic heterocycles. The second kappa shape index (κ2) is 6.86. The van der Waals surface area contributed by atoms with Crippen LogP contribution in [0.1, 0.15) is 6.92 Å². The van der Waals surface area contributed by atoms with E-state index in [0.29, 0.717) is 18.9 Å². The maximum atomic E-state index is 10.8. The van der Waals surface area contributed by atoms with E-state index in [1.165, 1.54) is 0 Å². The number of hydrogen-bond donors (Lipinski definition) is 1. The number of nitrogens with zero attached hydrogens (tertiary/aromatic N) is 1. The largest absolute Gasteiger partial charge is 0.497 e. The van der Waals surface area contributed by atoms with Gasteiger partial charge in [-0.3, -0.25) is 9.69 Å². The Hall–Kier alpha value is -1.75. The van der Waals surface area contributed by atoms with E-state index in [1.54, 1.807) is 32.0 Å². The Morgan fingerprint density at radius 1 is 1.44 bits per heavy atom. The van der Waals surface area contributed by atoms with Crippen molar-refractivity contribution in [2.45, 2.75) is 13.0 Å². The van der Waals surface area contributed by atoms with Crippen LogP contribution < -0.4 is 9.47 Å². The van der Waals surface area contributed by atoms with E-state index in [1.807, 2.05) is 18.2 Å². The highest BCUT2D eigenvalue weighted by Crippen LogP contribution is 2.18. The topological polar surface area (TPSA) is 59.0 Å².